The topological polar surface area (TPSA) is 47.5 Å². The molecule has 1 fully saturated rings. The molecule has 3 aromatic rings. The van der Waals surface area contributed by atoms with Crippen LogP contribution in [0, 0.1) is 6.92 Å². The van der Waals surface area contributed by atoms with Crippen molar-refractivity contribution >= 4 is 11.3 Å². The summed E-state index contributed by atoms with van der Waals surface area (Å²) in [6, 6.07) is 14.1. The van der Waals surface area contributed by atoms with Gasteiger partial charge in [-0.1, -0.05) is 6.07 Å². The summed E-state index contributed by atoms with van der Waals surface area (Å²) in [6.07, 6.45) is 1.97. The highest BCUT2D eigenvalue weighted by Gasteiger charge is 2.23. The van der Waals surface area contributed by atoms with Crippen LogP contribution in [0.2, 0.25) is 0 Å². The zero-order valence-corrected chi connectivity index (χ0v) is 16.4. The number of hydrogen-bond acceptors (Lipinski definition) is 6. The molecule has 27 heavy (non-hydrogen) atoms. The molecule has 1 saturated heterocycles. The molecule has 3 heterocycles. The molecule has 1 aromatic carbocycles. The normalized spacial score (nSPS) is 17.8. The molecule has 1 aliphatic heterocycles. The van der Waals surface area contributed by atoms with Crippen molar-refractivity contribution < 1.29 is 9.47 Å². The lowest BCUT2D eigenvalue weighted by Crippen LogP contribution is -2.37. The molecule has 4 rings (SSSR count). The minimum Gasteiger partial charge on any atom is -0.497 e. The van der Waals surface area contributed by atoms with Crippen molar-refractivity contribution in [3.8, 4) is 17.0 Å². The zero-order chi connectivity index (χ0) is 18.6. The van der Waals surface area contributed by atoms with Crippen molar-refractivity contribution in [3.05, 3.63) is 64.2 Å². The first-order valence-electron chi connectivity index (χ1n) is 9.08. The molecular weight excluding hydrogens is 358 g/mol. The van der Waals surface area contributed by atoms with Gasteiger partial charge in [-0.2, -0.15) is 0 Å². The summed E-state index contributed by atoms with van der Waals surface area (Å²) >= 11 is 1.76. The van der Waals surface area contributed by atoms with Gasteiger partial charge in [0, 0.05) is 36.3 Å². The minimum atomic E-state index is -0.00836. The van der Waals surface area contributed by atoms with Gasteiger partial charge in [0.2, 0.25) is 0 Å². The number of thiazole rings is 1. The molecule has 2 aromatic heterocycles. The molecule has 0 amide bonds. The van der Waals surface area contributed by atoms with Gasteiger partial charge in [0.1, 0.15) is 11.9 Å². The standard InChI is InChI=1S/C21H23N3O2S/c1-15-22-12-18(27-15)13-24-10-11-26-21(14-24)20-5-3-4-19(23-20)16-6-8-17(25-2)9-7-16/h3-9,12,21H,10-11,13-14H2,1-2H3/t21-/m0/s1. The third kappa shape index (κ3) is 4.35. The second-order valence-electron chi connectivity index (χ2n) is 6.62. The second kappa shape index (κ2) is 8.17. The summed E-state index contributed by atoms with van der Waals surface area (Å²) in [4.78, 5) is 12.9. The van der Waals surface area contributed by atoms with E-state index in [1.54, 1.807) is 18.4 Å². The van der Waals surface area contributed by atoms with Crippen LogP contribution in [0.3, 0.4) is 0 Å². The van der Waals surface area contributed by atoms with Gasteiger partial charge in [-0.25, -0.2) is 4.98 Å². The Bertz CT molecular complexity index is 894. The fourth-order valence-electron chi connectivity index (χ4n) is 3.28. The van der Waals surface area contributed by atoms with Crippen LogP contribution in [0.5, 0.6) is 5.75 Å². The fourth-order valence-corrected chi connectivity index (χ4v) is 4.11. The first-order chi connectivity index (χ1) is 13.2. The summed E-state index contributed by atoms with van der Waals surface area (Å²) in [7, 11) is 1.67. The van der Waals surface area contributed by atoms with Gasteiger partial charge < -0.3 is 9.47 Å². The van der Waals surface area contributed by atoms with Gasteiger partial charge in [-0.15, -0.1) is 11.3 Å². The maximum atomic E-state index is 6.03. The lowest BCUT2D eigenvalue weighted by molar-refractivity contribution is -0.0346. The second-order valence-corrected chi connectivity index (χ2v) is 7.94. The van der Waals surface area contributed by atoms with Gasteiger partial charge >= 0.3 is 0 Å². The number of nitrogens with zero attached hydrogens (tertiary/aromatic N) is 3. The molecule has 0 radical (unpaired) electrons. The molecule has 0 saturated carbocycles. The van der Waals surface area contributed by atoms with Crippen molar-refractivity contribution in [1.82, 2.24) is 14.9 Å². The molecule has 0 bridgehead atoms. The Kier molecular flexibility index (Phi) is 5.48. The van der Waals surface area contributed by atoms with E-state index in [1.165, 1.54) is 4.88 Å². The van der Waals surface area contributed by atoms with Crippen LogP contribution in [-0.4, -0.2) is 41.7 Å². The lowest BCUT2D eigenvalue weighted by Gasteiger charge is -2.32. The fraction of sp³-hybridized carbons (Fsp3) is 0.333. The number of ether oxygens (including phenoxy) is 2. The number of rotatable bonds is 5. The van der Waals surface area contributed by atoms with Crippen LogP contribution in [0.25, 0.3) is 11.3 Å². The van der Waals surface area contributed by atoms with E-state index in [0.717, 1.165) is 53.9 Å². The number of methoxy groups -OCH3 is 1. The van der Waals surface area contributed by atoms with Crippen LogP contribution in [0.4, 0.5) is 0 Å². The van der Waals surface area contributed by atoms with Gasteiger partial charge in [0.15, 0.2) is 0 Å². The molecule has 0 spiro atoms. The summed E-state index contributed by atoms with van der Waals surface area (Å²) < 4.78 is 11.3. The highest BCUT2D eigenvalue weighted by Crippen LogP contribution is 2.26. The quantitative estimate of drug-likeness (QED) is 0.666. The number of benzene rings is 1. The highest BCUT2D eigenvalue weighted by atomic mass is 32.1. The molecule has 0 unspecified atom stereocenters. The molecule has 1 atom stereocenters. The number of hydrogen-bond donors (Lipinski definition) is 0. The van der Waals surface area contributed by atoms with Gasteiger partial charge in [-0.3, -0.25) is 9.88 Å². The van der Waals surface area contributed by atoms with Crippen molar-refractivity contribution in [1.29, 1.82) is 0 Å². The van der Waals surface area contributed by atoms with Gasteiger partial charge in [0.05, 0.1) is 30.1 Å². The Balaban J connectivity index is 1.48. The maximum Gasteiger partial charge on any atom is 0.118 e. The van der Waals surface area contributed by atoms with E-state index in [0.29, 0.717) is 0 Å². The summed E-state index contributed by atoms with van der Waals surface area (Å²) in [5, 5.41) is 1.11. The van der Waals surface area contributed by atoms with Crippen molar-refractivity contribution in [2.75, 3.05) is 26.8 Å². The minimum absolute atomic E-state index is 0.00836. The summed E-state index contributed by atoms with van der Waals surface area (Å²) in [6.45, 7) is 5.47. The van der Waals surface area contributed by atoms with Crippen LogP contribution in [0.1, 0.15) is 21.7 Å². The Hall–Kier alpha value is -2.28. The Labute approximate surface area is 163 Å². The first-order valence-corrected chi connectivity index (χ1v) is 9.89. The largest absolute Gasteiger partial charge is 0.497 e. The van der Waals surface area contributed by atoms with E-state index in [4.69, 9.17) is 14.5 Å². The average Bonchev–Trinajstić information content (AvgIpc) is 3.13. The SMILES string of the molecule is COc1ccc(-c2cccc([C@@H]3CN(Cc4cnc(C)s4)CCO3)n2)cc1. The maximum absolute atomic E-state index is 6.03. The van der Waals surface area contributed by atoms with E-state index < -0.39 is 0 Å². The van der Waals surface area contributed by atoms with E-state index >= 15 is 0 Å². The lowest BCUT2D eigenvalue weighted by atomic mass is 10.1. The van der Waals surface area contributed by atoms with E-state index in [-0.39, 0.29) is 6.10 Å². The van der Waals surface area contributed by atoms with Crippen molar-refractivity contribution in [2.45, 2.75) is 19.6 Å². The van der Waals surface area contributed by atoms with Gasteiger partial charge in [0.25, 0.3) is 0 Å². The van der Waals surface area contributed by atoms with E-state index in [2.05, 4.69) is 22.0 Å². The monoisotopic (exact) mass is 381 g/mol. The predicted octanol–water partition coefficient (Wildman–Crippen LogP) is 4.10. The number of morpholine rings is 1. The zero-order valence-electron chi connectivity index (χ0n) is 15.6. The first kappa shape index (κ1) is 18.1. The van der Waals surface area contributed by atoms with E-state index in [1.807, 2.05) is 43.5 Å². The molecule has 0 aliphatic carbocycles. The van der Waals surface area contributed by atoms with Crippen molar-refractivity contribution in [2.24, 2.45) is 0 Å². The van der Waals surface area contributed by atoms with Crippen LogP contribution in [0.15, 0.2) is 48.7 Å². The molecule has 5 nitrogen and oxygen atoms in total. The number of aromatic nitrogens is 2. The highest BCUT2D eigenvalue weighted by molar-refractivity contribution is 7.11. The van der Waals surface area contributed by atoms with Crippen LogP contribution < -0.4 is 4.74 Å². The molecule has 0 N–H and O–H groups in total. The Morgan fingerprint density at radius 1 is 1.22 bits per heavy atom. The molecule has 1 aliphatic rings. The molecule has 6 heteroatoms. The average molecular weight is 382 g/mol. The van der Waals surface area contributed by atoms with Crippen LogP contribution >= 0.6 is 11.3 Å². The molecular formula is C21H23N3O2S. The Morgan fingerprint density at radius 3 is 2.81 bits per heavy atom. The van der Waals surface area contributed by atoms with Crippen molar-refractivity contribution in [3.63, 3.8) is 0 Å². The molecule has 140 valence electrons. The number of aryl methyl sites for hydroxylation is 1. The van der Waals surface area contributed by atoms with E-state index in [9.17, 15) is 0 Å². The number of pyridine rings is 1. The third-order valence-electron chi connectivity index (χ3n) is 4.69. The smallest absolute Gasteiger partial charge is 0.118 e. The Morgan fingerprint density at radius 2 is 2.07 bits per heavy atom. The third-order valence-corrected chi connectivity index (χ3v) is 5.58. The van der Waals surface area contributed by atoms with Gasteiger partial charge in [-0.05, 0) is 43.3 Å². The summed E-state index contributed by atoms with van der Waals surface area (Å²) in [5.74, 6) is 0.847. The predicted molar refractivity (Wildman–Crippen MR) is 107 cm³/mol. The summed E-state index contributed by atoms with van der Waals surface area (Å²) in [5.41, 5.74) is 3.01. The van der Waals surface area contributed by atoms with Crippen LogP contribution in [-0.2, 0) is 11.3 Å².